The average molecular weight is 408 g/mol. The minimum absolute atomic E-state index is 0.350. The summed E-state index contributed by atoms with van der Waals surface area (Å²) in [5.41, 5.74) is -0.708. The van der Waals surface area contributed by atoms with Crippen molar-refractivity contribution in [2.24, 2.45) is 0 Å². The second kappa shape index (κ2) is 6.71. The van der Waals surface area contributed by atoms with Gasteiger partial charge in [-0.1, -0.05) is 28.1 Å². The molecule has 0 heterocycles. The first-order chi connectivity index (χ1) is 10.7. The van der Waals surface area contributed by atoms with Gasteiger partial charge in [-0.15, -0.1) is 0 Å². The summed E-state index contributed by atoms with van der Waals surface area (Å²) in [6, 6.07) is 8.29. The zero-order valence-corrected chi connectivity index (χ0v) is 13.7. The Morgan fingerprint density at radius 2 is 1.78 bits per heavy atom. The van der Waals surface area contributed by atoms with Gasteiger partial charge in [0.1, 0.15) is 5.82 Å². The number of hydrogen-bond donors (Lipinski definition) is 1. The molecule has 2 aromatic carbocycles. The maximum Gasteiger partial charge on any atom is 0.341 e. The predicted octanol–water partition coefficient (Wildman–Crippen LogP) is 3.84. The minimum atomic E-state index is -4.90. The van der Waals surface area contributed by atoms with Crippen molar-refractivity contribution in [2.75, 3.05) is 5.32 Å². The monoisotopic (exact) mass is 407 g/mol. The number of sulfone groups is 1. The first kappa shape index (κ1) is 17.5. The summed E-state index contributed by atoms with van der Waals surface area (Å²) in [4.78, 5) is 11.3. The molecule has 0 aliphatic carbocycles. The number of halogens is 4. The molecule has 0 radical (unpaired) electrons. The highest BCUT2D eigenvalue weighted by Crippen LogP contribution is 2.27. The Morgan fingerprint density at radius 1 is 1.13 bits per heavy atom. The van der Waals surface area contributed by atoms with E-state index in [2.05, 4.69) is 21.2 Å². The van der Waals surface area contributed by atoms with E-state index in [1.54, 1.807) is 0 Å². The van der Waals surface area contributed by atoms with E-state index in [4.69, 9.17) is 0 Å². The molecule has 1 amide bonds. The van der Waals surface area contributed by atoms with Crippen LogP contribution >= 0.6 is 15.9 Å². The third-order valence-electron chi connectivity index (χ3n) is 2.85. The van der Waals surface area contributed by atoms with E-state index in [-0.39, 0.29) is 11.3 Å². The molecule has 0 aliphatic rings. The number of anilines is 1. The molecule has 122 valence electrons. The van der Waals surface area contributed by atoms with Gasteiger partial charge in [-0.2, -0.15) is 8.78 Å². The molecule has 2 rings (SSSR count). The SMILES string of the molecule is O=C(Nc1ccccc1S(=O)(=O)C(F)F)c1cc(Br)ccc1F. The molecule has 1 N–H and O–H groups in total. The summed E-state index contributed by atoms with van der Waals surface area (Å²) in [6.45, 7) is 0. The molecule has 4 nitrogen and oxygen atoms in total. The minimum Gasteiger partial charge on any atom is -0.321 e. The quantitative estimate of drug-likeness (QED) is 0.837. The van der Waals surface area contributed by atoms with Crippen LogP contribution in [0.5, 0.6) is 0 Å². The Hall–Kier alpha value is -1.87. The van der Waals surface area contributed by atoms with E-state index in [0.29, 0.717) is 4.47 Å². The third kappa shape index (κ3) is 3.73. The summed E-state index contributed by atoms with van der Waals surface area (Å²) in [5, 5.41) is 2.14. The highest BCUT2D eigenvalue weighted by molar-refractivity contribution is 9.10. The van der Waals surface area contributed by atoms with E-state index in [1.807, 2.05) is 0 Å². The van der Waals surface area contributed by atoms with Crippen molar-refractivity contribution in [1.29, 1.82) is 0 Å². The number of carbonyl (C=O) groups excluding carboxylic acids is 1. The molecule has 0 unspecified atom stereocenters. The van der Waals surface area contributed by atoms with Gasteiger partial charge in [0.05, 0.1) is 16.1 Å². The normalized spacial score (nSPS) is 11.5. The van der Waals surface area contributed by atoms with Crippen molar-refractivity contribution in [3.63, 3.8) is 0 Å². The first-order valence-corrected chi connectivity index (χ1v) is 8.45. The van der Waals surface area contributed by atoms with Crippen molar-refractivity contribution in [2.45, 2.75) is 10.7 Å². The Morgan fingerprint density at radius 3 is 2.43 bits per heavy atom. The van der Waals surface area contributed by atoms with Gasteiger partial charge in [0.2, 0.25) is 9.84 Å². The number of benzene rings is 2. The highest BCUT2D eigenvalue weighted by Gasteiger charge is 2.29. The van der Waals surface area contributed by atoms with Crippen molar-refractivity contribution in [1.82, 2.24) is 0 Å². The van der Waals surface area contributed by atoms with Gasteiger partial charge in [-0.05, 0) is 30.3 Å². The molecule has 0 saturated heterocycles. The second-order valence-electron chi connectivity index (χ2n) is 4.38. The maximum absolute atomic E-state index is 13.7. The topological polar surface area (TPSA) is 63.2 Å². The summed E-state index contributed by atoms with van der Waals surface area (Å²) in [7, 11) is -4.90. The lowest BCUT2D eigenvalue weighted by atomic mass is 10.2. The van der Waals surface area contributed by atoms with E-state index in [1.165, 1.54) is 24.3 Å². The van der Waals surface area contributed by atoms with Crippen LogP contribution < -0.4 is 5.32 Å². The van der Waals surface area contributed by atoms with Gasteiger partial charge in [0.15, 0.2) is 0 Å². The van der Waals surface area contributed by atoms with Gasteiger partial charge in [0.25, 0.3) is 5.91 Å². The van der Waals surface area contributed by atoms with E-state index in [9.17, 15) is 26.4 Å². The lowest BCUT2D eigenvalue weighted by Crippen LogP contribution is -2.18. The Labute approximate surface area is 138 Å². The number of para-hydroxylation sites is 1. The Kier molecular flexibility index (Phi) is 5.10. The summed E-state index contributed by atoms with van der Waals surface area (Å²) >= 11 is 3.07. The third-order valence-corrected chi connectivity index (χ3v) is 4.78. The fraction of sp³-hybridized carbons (Fsp3) is 0.0714. The zero-order valence-electron chi connectivity index (χ0n) is 11.3. The summed E-state index contributed by atoms with van der Waals surface area (Å²) in [5.74, 6) is -5.43. The number of hydrogen-bond acceptors (Lipinski definition) is 3. The average Bonchev–Trinajstić information content (AvgIpc) is 2.49. The van der Waals surface area contributed by atoms with Crippen LogP contribution in [0.2, 0.25) is 0 Å². The lowest BCUT2D eigenvalue weighted by Gasteiger charge is -2.11. The van der Waals surface area contributed by atoms with Crippen molar-refractivity contribution in [3.05, 3.63) is 58.3 Å². The van der Waals surface area contributed by atoms with E-state index < -0.39 is 32.2 Å². The van der Waals surface area contributed by atoms with Crippen molar-refractivity contribution >= 4 is 37.4 Å². The Bertz CT molecular complexity index is 856. The fourth-order valence-electron chi connectivity index (χ4n) is 1.78. The van der Waals surface area contributed by atoms with Gasteiger partial charge < -0.3 is 5.32 Å². The summed E-state index contributed by atoms with van der Waals surface area (Å²) in [6.07, 6.45) is 0. The van der Waals surface area contributed by atoms with Crippen LogP contribution in [-0.2, 0) is 9.84 Å². The van der Waals surface area contributed by atoms with Crippen LogP contribution in [0.4, 0.5) is 18.9 Å². The molecular formula is C14H9BrF3NO3S. The number of amides is 1. The molecular weight excluding hydrogens is 399 g/mol. The molecule has 0 bridgehead atoms. The van der Waals surface area contributed by atoms with Gasteiger partial charge in [-0.3, -0.25) is 4.79 Å². The molecule has 0 aliphatic heterocycles. The van der Waals surface area contributed by atoms with Crippen LogP contribution in [-0.4, -0.2) is 20.1 Å². The van der Waals surface area contributed by atoms with Gasteiger partial charge in [0, 0.05) is 4.47 Å². The van der Waals surface area contributed by atoms with Crippen LogP contribution in [0.25, 0.3) is 0 Å². The zero-order chi connectivity index (χ0) is 17.2. The van der Waals surface area contributed by atoms with E-state index >= 15 is 0 Å². The van der Waals surface area contributed by atoms with Crippen molar-refractivity contribution in [3.8, 4) is 0 Å². The molecule has 9 heteroatoms. The standard InChI is InChI=1S/C14H9BrF3NO3S/c15-8-5-6-10(16)9(7-8)13(20)19-11-3-1-2-4-12(11)23(21,22)14(17)18/h1-7,14H,(H,19,20). The van der Waals surface area contributed by atoms with Crippen LogP contribution in [0, 0.1) is 5.82 Å². The van der Waals surface area contributed by atoms with Crippen molar-refractivity contribution < 1.29 is 26.4 Å². The van der Waals surface area contributed by atoms with Crippen LogP contribution in [0.1, 0.15) is 10.4 Å². The molecule has 23 heavy (non-hydrogen) atoms. The molecule has 0 aromatic heterocycles. The van der Waals surface area contributed by atoms with Crippen LogP contribution in [0.15, 0.2) is 51.8 Å². The van der Waals surface area contributed by atoms with Gasteiger partial charge >= 0.3 is 5.76 Å². The molecule has 0 saturated carbocycles. The summed E-state index contributed by atoms with van der Waals surface area (Å²) < 4.78 is 62.7. The molecule has 0 atom stereocenters. The first-order valence-electron chi connectivity index (χ1n) is 6.11. The number of alkyl halides is 2. The second-order valence-corrected chi connectivity index (χ2v) is 7.18. The van der Waals surface area contributed by atoms with E-state index in [0.717, 1.165) is 18.2 Å². The number of carbonyl (C=O) groups is 1. The smallest absolute Gasteiger partial charge is 0.321 e. The maximum atomic E-state index is 13.7. The molecule has 2 aromatic rings. The largest absolute Gasteiger partial charge is 0.341 e. The number of nitrogens with one attached hydrogen (secondary N) is 1. The molecule has 0 fully saturated rings. The fourth-order valence-corrected chi connectivity index (χ4v) is 3.02. The van der Waals surface area contributed by atoms with Crippen LogP contribution in [0.3, 0.4) is 0 Å². The molecule has 0 spiro atoms. The lowest BCUT2D eigenvalue weighted by molar-refractivity contribution is 0.102. The predicted molar refractivity (Wildman–Crippen MR) is 81.7 cm³/mol. The highest BCUT2D eigenvalue weighted by atomic mass is 79.9. The number of rotatable bonds is 4. The van der Waals surface area contributed by atoms with Gasteiger partial charge in [-0.25, -0.2) is 12.8 Å². The Balaban J connectivity index is 2.42.